The Morgan fingerprint density at radius 2 is 1.92 bits per heavy atom. The molecular weight excluding hydrogens is 315 g/mol. The van der Waals surface area contributed by atoms with Gasteiger partial charge in [-0.05, 0) is 25.1 Å². The molecule has 0 N–H and O–H groups in total. The number of halogens is 1. The first-order valence-corrected chi connectivity index (χ1v) is 7.27. The van der Waals surface area contributed by atoms with Crippen LogP contribution in [-0.2, 0) is 0 Å². The van der Waals surface area contributed by atoms with Gasteiger partial charge >= 0.3 is 0 Å². The number of nitrogens with zero attached hydrogens (tertiary/aromatic N) is 2. The standard InChI is InChI=1S/C17H17FN2O4/c1-12-3-6-14(7-4-12)24-10-9-19(2)17(21)15-8-5-13(20(22)23)11-16(15)18/h3-8,11H,9-10H2,1-2H3. The third-order valence-electron chi connectivity index (χ3n) is 3.46. The molecule has 126 valence electrons. The van der Waals surface area contributed by atoms with E-state index in [0.29, 0.717) is 5.75 Å². The van der Waals surface area contributed by atoms with Crippen LogP contribution < -0.4 is 4.74 Å². The molecule has 0 saturated carbocycles. The highest BCUT2D eigenvalue weighted by Crippen LogP contribution is 2.18. The van der Waals surface area contributed by atoms with Gasteiger partial charge in [0.05, 0.1) is 23.1 Å². The van der Waals surface area contributed by atoms with Crippen molar-refractivity contribution in [3.8, 4) is 5.75 Å². The second kappa shape index (κ2) is 7.54. The van der Waals surface area contributed by atoms with Crippen molar-refractivity contribution in [3.63, 3.8) is 0 Å². The topological polar surface area (TPSA) is 72.7 Å². The Morgan fingerprint density at radius 3 is 2.50 bits per heavy atom. The first kappa shape index (κ1) is 17.4. The fourth-order valence-corrected chi connectivity index (χ4v) is 2.03. The monoisotopic (exact) mass is 332 g/mol. The minimum Gasteiger partial charge on any atom is -0.492 e. The number of amides is 1. The largest absolute Gasteiger partial charge is 0.492 e. The van der Waals surface area contributed by atoms with Gasteiger partial charge in [0.25, 0.3) is 11.6 Å². The molecule has 24 heavy (non-hydrogen) atoms. The Kier molecular flexibility index (Phi) is 5.47. The van der Waals surface area contributed by atoms with E-state index in [1.54, 1.807) is 0 Å². The summed E-state index contributed by atoms with van der Waals surface area (Å²) in [5.74, 6) is -0.793. The molecule has 0 aliphatic rings. The highest BCUT2D eigenvalue weighted by Gasteiger charge is 2.19. The normalized spacial score (nSPS) is 10.3. The molecule has 1 amide bonds. The van der Waals surface area contributed by atoms with Crippen LogP contribution >= 0.6 is 0 Å². The van der Waals surface area contributed by atoms with E-state index in [2.05, 4.69) is 0 Å². The second-order valence-electron chi connectivity index (χ2n) is 5.31. The van der Waals surface area contributed by atoms with Crippen LogP contribution in [0.3, 0.4) is 0 Å². The van der Waals surface area contributed by atoms with Crippen LogP contribution in [0.1, 0.15) is 15.9 Å². The lowest BCUT2D eigenvalue weighted by Crippen LogP contribution is -2.31. The minimum absolute atomic E-state index is 0.210. The number of aryl methyl sites for hydroxylation is 1. The van der Waals surface area contributed by atoms with Crippen LogP contribution in [-0.4, -0.2) is 35.9 Å². The fraction of sp³-hybridized carbons (Fsp3) is 0.235. The van der Waals surface area contributed by atoms with Crippen molar-refractivity contribution in [2.45, 2.75) is 6.92 Å². The number of carbonyl (C=O) groups is 1. The van der Waals surface area contributed by atoms with Crippen molar-refractivity contribution in [2.75, 3.05) is 20.2 Å². The summed E-state index contributed by atoms with van der Waals surface area (Å²) in [5, 5.41) is 10.6. The predicted molar refractivity (Wildman–Crippen MR) is 86.7 cm³/mol. The van der Waals surface area contributed by atoms with E-state index in [1.165, 1.54) is 11.9 Å². The number of carbonyl (C=O) groups excluding carboxylic acids is 1. The van der Waals surface area contributed by atoms with Crippen LogP contribution in [0.2, 0.25) is 0 Å². The van der Waals surface area contributed by atoms with Gasteiger partial charge in [-0.3, -0.25) is 14.9 Å². The third kappa shape index (κ3) is 4.28. The summed E-state index contributed by atoms with van der Waals surface area (Å²) in [4.78, 5) is 23.4. The molecule has 0 spiro atoms. The van der Waals surface area contributed by atoms with E-state index in [9.17, 15) is 19.3 Å². The van der Waals surface area contributed by atoms with Crippen molar-refractivity contribution in [1.29, 1.82) is 0 Å². The summed E-state index contributed by atoms with van der Waals surface area (Å²) < 4.78 is 19.4. The Balaban J connectivity index is 1.94. The summed E-state index contributed by atoms with van der Waals surface area (Å²) >= 11 is 0. The maximum absolute atomic E-state index is 13.9. The molecule has 0 unspecified atom stereocenters. The lowest BCUT2D eigenvalue weighted by Gasteiger charge is -2.18. The van der Waals surface area contributed by atoms with Crippen molar-refractivity contribution >= 4 is 11.6 Å². The molecule has 0 aromatic heterocycles. The second-order valence-corrected chi connectivity index (χ2v) is 5.31. The predicted octanol–water partition coefficient (Wildman–Crippen LogP) is 3.19. The van der Waals surface area contributed by atoms with Gasteiger partial charge in [-0.25, -0.2) is 4.39 Å². The molecule has 2 aromatic carbocycles. The average Bonchev–Trinajstić information content (AvgIpc) is 2.55. The summed E-state index contributed by atoms with van der Waals surface area (Å²) in [6.45, 7) is 2.47. The molecule has 2 rings (SSSR count). The van der Waals surface area contributed by atoms with E-state index in [0.717, 1.165) is 23.8 Å². The minimum atomic E-state index is -0.916. The van der Waals surface area contributed by atoms with E-state index in [4.69, 9.17) is 4.74 Å². The van der Waals surface area contributed by atoms with Crippen LogP contribution in [0, 0.1) is 22.9 Å². The summed E-state index contributed by atoms with van der Waals surface area (Å²) in [5.41, 5.74) is 0.510. The number of nitro groups is 1. The molecule has 7 heteroatoms. The lowest BCUT2D eigenvalue weighted by molar-refractivity contribution is -0.385. The zero-order chi connectivity index (χ0) is 17.7. The highest BCUT2D eigenvalue weighted by molar-refractivity contribution is 5.94. The number of non-ortho nitro benzene ring substituents is 1. The van der Waals surface area contributed by atoms with E-state index < -0.39 is 22.3 Å². The van der Waals surface area contributed by atoms with Crippen LogP contribution in [0.15, 0.2) is 42.5 Å². The van der Waals surface area contributed by atoms with Gasteiger partial charge in [-0.2, -0.15) is 0 Å². The molecule has 0 bridgehead atoms. The Labute approximate surface area is 138 Å². The van der Waals surface area contributed by atoms with Gasteiger partial charge in [-0.15, -0.1) is 0 Å². The summed E-state index contributed by atoms with van der Waals surface area (Å²) in [7, 11) is 1.52. The maximum Gasteiger partial charge on any atom is 0.272 e. The number of hydrogen-bond acceptors (Lipinski definition) is 4. The van der Waals surface area contributed by atoms with Gasteiger partial charge in [0, 0.05) is 13.1 Å². The van der Waals surface area contributed by atoms with Crippen LogP contribution in [0.5, 0.6) is 5.75 Å². The third-order valence-corrected chi connectivity index (χ3v) is 3.46. The fourth-order valence-electron chi connectivity index (χ4n) is 2.03. The SMILES string of the molecule is Cc1ccc(OCCN(C)C(=O)c2ccc([N+](=O)[O-])cc2F)cc1. The molecule has 2 aromatic rings. The van der Waals surface area contributed by atoms with Crippen molar-refractivity contribution in [1.82, 2.24) is 4.90 Å². The van der Waals surface area contributed by atoms with Crippen LogP contribution in [0.25, 0.3) is 0 Å². The summed E-state index contributed by atoms with van der Waals surface area (Å²) in [6.07, 6.45) is 0. The van der Waals surface area contributed by atoms with Crippen LogP contribution in [0.4, 0.5) is 10.1 Å². The van der Waals surface area contributed by atoms with Gasteiger partial charge < -0.3 is 9.64 Å². The maximum atomic E-state index is 13.9. The zero-order valence-electron chi connectivity index (χ0n) is 13.4. The number of likely N-dealkylation sites (N-methyl/N-ethyl adjacent to an activating group) is 1. The molecule has 6 nitrogen and oxygen atoms in total. The Morgan fingerprint density at radius 1 is 1.25 bits per heavy atom. The highest BCUT2D eigenvalue weighted by atomic mass is 19.1. The average molecular weight is 332 g/mol. The molecular formula is C17H17FN2O4. The molecule has 0 aliphatic carbocycles. The Bertz CT molecular complexity index is 747. The quantitative estimate of drug-likeness (QED) is 0.601. The number of benzene rings is 2. The summed E-state index contributed by atoms with van der Waals surface area (Å²) in [6, 6.07) is 10.4. The van der Waals surface area contributed by atoms with Gasteiger partial charge in [0.1, 0.15) is 18.2 Å². The number of rotatable bonds is 6. The molecule has 0 saturated heterocycles. The van der Waals surface area contributed by atoms with E-state index in [1.807, 2.05) is 31.2 Å². The van der Waals surface area contributed by atoms with Crippen molar-refractivity contribution in [2.24, 2.45) is 0 Å². The number of nitro benzene ring substituents is 1. The first-order valence-electron chi connectivity index (χ1n) is 7.27. The number of hydrogen-bond donors (Lipinski definition) is 0. The number of ether oxygens (including phenoxy) is 1. The Hall–Kier alpha value is -2.96. The first-order chi connectivity index (χ1) is 11.4. The molecule has 0 atom stereocenters. The van der Waals surface area contributed by atoms with Gasteiger partial charge in [0.2, 0.25) is 0 Å². The molecule has 0 aliphatic heterocycles. The molecule has 0 radical (unpaired) electrons. The van der Waals surface area contributed by atoms with Crippen molar-refractivity contribution < 1.29 is 18.8 Å². The smallest absolute Gasteiger partial charge is 0.272 e. The lowest BCUT2D eigenvalue weighted by atomic mass is 10.1. The molecule has 0 heterocycles. The van der Waals surface area contributed by atoms with E-state index in [-0.39, 0.29) is 18.7 Å². The van der Waals surface area contributed by atoms with Gasteiger partial charge in [0.15, 0.2) is 0 Å². The zero-order valence-corrected chi connectivity index (χ0v) is 13.4. The van der Waals surface area contributed by atoms with Crippen molar-refractivity contribution in [3.05, 3.63) is 69.5 Å². The van der Waals surface area contributed by atoms with Gasteiger partial charge in [-0.1, -0.05) is 17.7 Å². The van der Waals surface area contributed by atoms with E-state index >= 15 is 0 Å². The molecule has 0 fully saturated rings.